The summed E-state index contributed by atoms with van der Waals surface area (Å²) in [5.74, 6) is 0.798. The fourth-order valence-electron chi connectivity index (χ4n) is 1.57. The molecule has 0 atom stereocenters. The zero-order chi connectivity index (χ0) is 14.1. The van der Waals surface area contributed by atoms with Crippen molar-refractivity contribution in [1.82, 2.24) is 0 Å². The average Bonchev–Trinajstić information content (AvgIpc) is 2.39. The minimum Gasteiger partial charge on any atom is -0.493 e. The topological polar surface area (TPSA) is 78.6 Å². The van der Waals surface area contributed by atoms with Crippen LogP contribution < -0.4 is 10.5 Å². The maximum absolute atomic E-state index is 11.7. The van der Waals surface area contributed by atoms with Crippen LogP contribution in [0.1, 0.15) is 12.0 Å². The molecule has 1 rings (SSSR count). The summed E-state index contributed by atoms with van der Waals surface area (Å²) in [5.41, 5.74) is 6.48. The van der Waals surface area contributed by atoms with E-state index in [1.54, 1.807) is 13.2 Å². The molecule has 0 fully saturated rings. The van der Waals surface area contributed by atoms with Crippen LogP contribution in [0.5, 0.6) is 5.75 Å². The monoisotopic (exact) mass is 287 g/mol. The molecule has 0 saturated heterocycles. The smallest absolute Gasteiger partial charge is 0.153 e. The van der Waals surface area contributed by atoms with Crippen LogP contribution in [0.25, 0.3) is 0 Å². The molecule has 108 valence electrons. The zero-order valence-corrected chi connectivity index (χ0v) is 12.0. The van der Waals surface area contributed by atoms with Gasteiger partial charge in [0, 0.05) is 20.3 Å². The van der Waals surface area contributed by atoms with Gasteiger partial charge in [0.1, 0.15) is 12.4 Å². The summed E-state index contributed by atoms with van der Waals surface area (Å²) in [6, 6.07) is 7.34. The lowest BCUT2D eigenvalue weighted by molar-refractivity contribution is 0.199. The fraction of sp³-hybridized carbons (Fsp3) is 0.538. The van der Waals surface area contributed by atoms with Crippen LogP contribution in [0.2, 0.25) is 0 Å². The van der Waals surface area contributed by atoms with Crippen LogP contribution in [0.3, 0.4) is 0 Å². The Balaban J connectivity index is 2.36. The highest BCUT2D eigenvalue weighted by molar-refractivity contribution is 7.91. The van der Waals surface area contributed by atoms with Crippen molar-refractivity contribution in [3.05, 3.63) is 29.8 Å². The van der Waals surface area contributed by atoms with Gasteiger partial charge < -0.3 is 15.2 Å². The summed E-state index contributed by atoms with van der Waals surface area (Å²) >= 11 is 0. The quantitative estimate of drug-likeness (QED) is 0.685. The molecule has 0 aliphatic heterocycles. The van der Waals surface area contributed by atoms with Crippen molar-refractivity contribution in [2.75, 3.05) is 31.8 Å². The normalized spacial score (nSPS) is 11.5. The third-order valence-electron chi connectivity index (χ3n) is 2.60. The molecule has 0 spiro atoms. The van der Waals surface area contributed by atoms with E-state index in [-0.39, 0.29) is 18.1 Å². The van der Waals surface area contributed by atoms with Crippen LogP contribution >= 0.6 is 0 Å². The van der Waals surface area contributed by atoms with Crippen LogP contribution in [0, 0.1) is 0 Å². The molecule has 2 N–H and O–H groups in total. The number of nitrogens with two attached hydrogens (primary N) is 1. The van der Waals surface area contributed by atoms with Crippen molar-refractivity contribution in [3.8, 4) is 5.75 Å². The standard InChI is InChI=1S/C13H21NO4S/c1-17-6-3-8-19(15,16)9-7-18-13-5-2-4-12(10-13)11-14/h2,4-5,10H,3,6-9,11,14H2,1H3. The van der Waals surface area contributed by atoms with Crippen LogP contribution in [-0.4, -0.2) is 40.2 Å². The minimum absolute atomic E-state index is 0.0174. The average molecular weight is 287 g/mol. The van der Waals surface area contributed by atoms with Gasteiger partial charge >= 0.3 is 0 Å². The lowest BCUT2D eigenvalue weighted by Gasteiger charge is -2.08. The van der Waals surface area contributed by atoms with Crippen molar-refractivity contribution < 1.29 is 17.9 Å². The van der Waals surface area contributed by atoms with Gasteiger partial charge in [-0.1, -0.05) is 12.1 Å². The second-order valence-electron chi connectivity index (χ2n) is 4.20. The fourth-order valence-corrected chi connectivity index (χ4v) is 2.67. The molecule has 6 heteroatoms. The third kappa shape index (κ3) is 6.56. The van der Waals surface area contributed by atoms with Gasteiger partial charge in [-0.25, -0.2) is 8.42 Å². The molecule has 5 nitrogen and oxygen atoms in total. The summed E-state index contributed by atoms with van der Waals surface area (Å²) in [5, 5.41) is 0. The molecule has 0 aromatic heterocycles. The first-order valence-electron chi connectivity index (χ1n) is 6.18. The number of sulfone groups is 1. The predicted octanol–water partition coefficient (Wildman–Crippen LogP) is 0.975. The molecular weight excluding hydrogens is 266 g/mol. The van der Waals surface area contributed by atoms with Crippen molar-refractivity contribution in [1.29, 1.82) is 0 Å². The van der Waals surface area contributed by atoms with Crippen LogP contribution in [0.15, 0.2) is 24.3 Å². The number of methoxy groups -OCH3 is 1. The van der Waals surface area contributed by atoms with E-state index < -0.39 is 9.84 Å². The van der Waals surface area contributed by atoms with Crippen molar-refractivity contribution in [3.63, 3.8) is 0 Å². The lowest BCUT2D eigenvalue weighted by Crippen LogP contribution is -2.18. The van der Waals surface area contributed by atoms with E-state index in [0.29, 0.717) is 25.3 Å². The Hall–Kier alpha value is -1.11. The van der Waals surface area contributed by atoms with E-state index in [4.69, 9.17) is 15.2 Å². The summed E-state index contributed by atoms with van der Waals surface area (Å²) < 4.78 is 33.6. The van der Waals surface area contributed by atoms with Gasteiger partial charge in [-0.05, 0) is 24.1 Å². The summed E-state index contributed by atoms with van der Waals surface area (Å²) in [7, 11) is -1.51. The first-order chi connectivity index (χ1) is 9.07. The van der Waals surface area contributed by atoms with E-state index in [2.05, 4.69) is 0 Å². The van der Waals surface area contributed by atoms with Gasteiger partial charge in [0.2, 0.25) is 0 Å². The second kappa shape index (κ2) is 8.14. The van der Waals surface area contributed by atoms with Crippen molar-refractivity contribution >= 4 is 9.84 Å². The van der Waals surface area contributed by atoms with Gasteiger partial charge in [0.25, 0.3) is 0 Å². The van der Waals surface area contributed by atoms with Crippen molar-refractivity contribution in [2.24, 2.45) is 5.73 Å². The molecule has 0 saturated carbocycles. The van der Waals surface area contributed by atoms with E-state index in [9.17, 15) is 8.42 Å². The van der Waals surface area contributed by atoms with Gasteiger partial charge in [0.05, 0.1) is 11.5 Å². The summed E-state index contributed by atoms with van der Waals surface area (Å²) in [6.45, 7) is 1.05. The third-order valence-corrected chi connectivity index (χ3v) is 4.30. The number of hydrogen-bond acceptors (Lipinski definition) is 5. The second-order valence-corrected chi connectivity index (χ2v) is 6.50. The molecule has 1 aromatic rings. The maximum Gasteiger partial charge on any atom is 0.153 e. The van der Waals surface area contributed by atoms with Gasteiger partial charge in [-0.15, -0.1) is 0 Å². The number of benzene rings is 1. The van der Waals surface area contributed by atoms with E-state index in [1.807, 2.05) is 18.2 Å². The molecule has 1 aromatic carbocycles. The van der Waals surface area contributed by atoms with Crippen molar-refractivity contribution in [2.45, 2.75) is 13.0 Å². The largest absolute Gasteiger partial charge is 0.493 e. The maximum atomic E-state index is 11.7. The molecule has 0 radical (unpaired) electrons. The Morgan fingerprint density at radius 2 is 2.00 bits per heavy atom. The van der Waals surface area contributed by atoms with Gasteiger partial charge in [-0.3, -0.25) is 0 Å². The zero-order valence-electron chi connectivity index (χ0n) is 11.2. The highest BCUT2D eigenvalue weighted by Crippen LogP contribution is 2.12. The van der Waals surface area contributed by atoms with E-state index in [0.717, 1.165) is 5.56 Å². The molecule has 0 amide bonds. The van der Waals surface area contributed by atoms with E-state index in [1.165, 1.54) is 0 Å². The molecule has 0 aliphatic carbocycles. The Kier molecular flexibility index (Phi) is 6.83. The summed E-state index contributed by atoms with van der Waals surface area (Å²) in [4.78, 5) is 0. The number of rotatable bonds is 9. The molecule has 0 heterocycles. The Labute approximate surface area is 114 Å². The van der Waals surface area contributed by atoms with Crippen LogP contribution in [0.4, 0.5) is 0 Å². The molecule has 0 aliphatic rings. The van der Waals surface area contributed by atoms with Gasteiger partial charge in [0.15, 0.2) is 9.84 Å². The first-order valence-corrected chi connectivity index (χ1v) is 8.00. The van der Waals surface area contributed by atoms with E-state index >= 15 is 0 Å². The molecular formula is C13H21NO4S. The minimum atomic E-state index is -3.07. The SMILES string of the molecule is COCCCS(=O)(=O)CCOc1cccc(CN)c1. The highest BCUT2D eigenvalue weighted by Gasteiger charge is 2.10. The lowest BCUT2D eigenvalue weighted by atomic mass is 10.2. The van der Waals surface area contributed by atoms with Gasteiger partial charge in [-0.2, -0.15) is 0 Å². The van der Waals surface area contributed by atoms with Crippen LogP contribution in [-0.2, 0) is 21.1 Å². The highest BCUT2D eigenvalue weighted by atomic mass is 32.2. The molecule has 0 unspecified atom stereocenters. The molecule has 0 bridgehead atoms. The summed E-state index contributed by atoms with van der Waals surface area (Å²) in [6.07, 6.45) is 0.515. The first kappa shape index (κ1) is 15.9. The predicted molar refractivity (Wildman–Crippen MR) is 75.0 cm³/mol. The number of ether oxygens (including phenoxy) is 2. The Morgan fingerprint density at radius 3 is 2.68 bits per heavy atom. The molecule has 19 heavy (non-hydrogen) atoms. The Morgan fingerprint density at radius 1 is 1.21 bits per heavy atom. The Bertz CT molecular complexity index is 473. The number of hydrogen-bond donors (Lipinski definition) is 1.